The fourth-order valence-electron chi connectivity index (χ4n) is 2.70. The predicted octanol–water partition coefficient (Wildman–Crippen LogP) is 2.50. The number of fused-ring (bicyclic) bond motifs is 1. The normalized spacial score (nSPS) is 13.9. The van der Waals surface area contributed by atoms with E-state index in [1.807, 2.05) is 10.9 Å². The van der Waals surface area contributed by atoms with Crippen LogP contribution < -0.4 is 5.32 Å². The van der Waals surface area contributed by atoms with Gasteiger partial charge in [0.2, 0.25) is 0 Å². The van der Waals surface area contributed by atoms with Crippen molar-refractivity contribution in [2.45, 2.75) is 39.7 Å². The Morgan fingerprint density at radius 1 is 1.25 bits per heavy atom. The zero-order valence-corrected chi connectivity index (χ0v) is 12.3. The van der Waals surface area contributed by atoms with E-state index in [-0.39, 0.29) is 0 Å². The summed E-state index contributed by atoms with van der Waals surface area (Å²) in [6, 6.07) is 6.63. The Hall–Kier alpha value is -1.68. The average molecular weight is 270 g/mol. The Kier molecular flexibility index (Phi) is 3.83. The van der Waals surface area contributed by atoms with Crippen LogP contribution in [0.2, 0.25) is 0 Å². The molecule has 0 spiro atoms. The number of benzene rings is 1. The molecule has 1 aromatic carbocycles. The minimum atomic E-state index is 0.654. The number of hydrogen-bond donors (Lipinski definition) is 1. The zero-order valence-electron chi connectivity index (χ0n) is 12.3. The van der Waals surface area contributed by atoms with Gasteiger partial charge in [-0.1, -0.05) is 25.1 Å². The predicted molar refractivity (Wildman–Crippen MR) is 79.9 cm³/mol. The van der Waals surface area contributed by atoms with Crippen LogP contribution in [0.5, 0.6) is 0 Å². The molecule has 0 saturated carbocycles. The molecule has 20 heavy (non-hydrogen) atoms. The van der Waals surface area contributed by atoms with E-state index in [0.29, 0.717) is 5.92 Å². The molecule has 4 heteroatoms. The monoisotopic (exact) mass is 270 g/mol. The Morgan fingerprint density at radius 3 is 2.95 bits per heavy atom. The van der Waals surface area contributed by atoms with Gasteiger partial charge in [0.05, 0.1) is 17.6 Å². The second kappa shape index (κ2) is 5.75. The van der Waals surface area contributed by atoms with E-state index in [1.54, 1.807) is 0 Å². The van der Waals surface area contributed by atoms with Crippen LogP contribution in [-0.4, -0.2) is 21.5 Å². The van der Waals surface area contributed by atoms with Crippen molar-refractivity contribution in [1.82, 2.24) is 20.3 Å². The number of nitrogens with one attached hydrogen (secondary N) is 1. The largest absolute Gasteiger partial charge is 0.311 e. The smallest absolute Gasteiger partial charge is 0.0969 e. The number of rotatable bonds is 5. The van der Waals surface area contributed by atoms with Crippen LogP contribution in [0.25, 0.3) is 5.69 Å². The number of aromatic nitrogens is 3. The lowest BCUT2D eigenvalue weighted by Gasteiger charge is -2.05. The third kappa shape index (κ3) is 2.90. The van der Waals surface area contributed by atoms with Crippen molar-refractivity contribution in [2.75, 3.05) is 6.54 Å². The van der Waals surface area contributed by atoms with Crippen LogP contribution in [0.15, 0.2) is 24.4 Å². The molecule has 0 aliphatic heterocycles. The maximum Gasteiger partial charge on any atom is 0.0969 e. The summed E-state index contributed by atoms with van der Waals surface area (Å²) in [4.78, 5) is 0. The summed E-state index contributed by atoms with van der Waals surface area (Å²) in [5.41, 5.74) is 5.07. The Bertz CT molecular complexity index is 586. The third-order valence-electron chi connectivity index (χ3n) is 3.75. The molecule has 4 nitrogen and oxygen atoms in total. The molecule has 1 aromatic heterocycles. The highest BCUT2D eigenvalue weighted by Gasteiger charge is 2.12. The van der Waals surface area contributed by atoms with Crippen molar-refractivity contribution in [3.05, 3.63) is 41.2 Å². The maximum atomic E-state index is 4.24. The van der Waals surface area contributed by atoms with Crippen LogP contribution in [0, 0.1) is 5.92 Å². The number of nitrogens with zero attached hydrogens (tertiary/aromatic N) is 3. The van der Waals surface area contributed by atoms with Gasteiger partial charge in [-0.2, -0.15) is 0 Å². The minimum absolute atomic E-state index is 0.654. The molecule has 106 valence electrons. The summed E-state index contributed by atoms with van der Waals surface area (Å²) in [5.74, 6) is 0.654. The number of hydrogen-bond acceptors (Lipinski definition) is 3. The average Bonchev–Trinajstić information content (AvgIpc) is 3.05. The van der Waals surface area contributed by atoms with Gasteiger partial charge in [0.1, 0.15) is 0 Å². The first-order valence-corrected chi connectivity index (χ1v) is 7.46. The Labute approximate surface area is 120 Å². The molecule has 0 fully saturated rings. The van der Waals surface area contributed by atoms with Crippen molar-refractivity contribution < 1.29 is 0 Å². The molecular weight excluding hydrogens is 248 g/mol. The lowest BCUT2D eigenvalue weighted by atomic mass is 10.1. The van der Waals surface area contributed by atoms with Gasteiger partial charge in [0.25, 0.3) is 0 Å². The molecule has 0 atom stereocenters. The van der Waals surface area contributed by atoms with Gasteiger partial charge in [-0.25, -0.2) is 4.68 Å². The topological polar surface area (TPSA) is 42.7 Å². The fourth-order valence-corrected chi connectivity index (χ4v) is 2.70. The highest BCUT2D eigenvalue weighted by Crippen LogP contribution is 2.24. The molecule has 0 amide bonds. The van der Waals surface area contributed by atoms with E-state index in [1.165, 1.54) is 30.4 Å². The zero-order chi connectivity index (χ0) is 13.9. The van der Waals surface area contributed by atoms with Gasteiger partial charge in [0, 0.05) is 6.54 Å². The van der Waals surface area contributed by atoms with Crippen molar-refractivity contribution in [3.8, 4) is 5.69 Å². The van der Waals surface area contributed by atoms with E-state index in [9.17, 15) is 0 Å². The molecule has 0 saturated heterocycles. The summed E-state index contributed by atoms with van der Waals surface area (Å²) in [7, 11) is 0. The molecule has 1 aliphatic rings. The molecule has 1 aliphatic carbocycles. The van der Waals surface area contributed by atoms with Gasteiger partial charge < -0.3 is 5.32 Å². The van der Waals surface area contributed by atoms with Crippen LogP contribution in [0.3, 0.4) is 0 Å². The van der Waals surface area contributed by atoms with Crippen molar-refractivity contribution in [1.29, 1.82) is 0 Å². The van der Waals surface area contributed by atoms with Crippen molar-refractivity contribution in [3.63, 3.8) is 0 Å². The third-order valence-corrected chi connectivity index (χ3v) is 3.75. The van der Waals surface area contributed by atoms with E-state index in [4.69, 9.17) is 0 Å². The molecule has 1 N–H and O–H groups in total. The first kappa shape index (κ1) is 13.3. The van der Waals surface area contributed by atoms with E-state index < -0.39 is 0 Å². The number of aryl methyl sites for hydroxylation is 2. The van der Waals surface area contributed by atoms with Gasteiger partial charge in [-0.05, 0) is 55.0 Å². The fraction of sp³-hybridized carbons (Fsp3) is 0.500. The molecule has 0 unspecified atom stereocenters. The van der Waals surface area contributed by atoms with Crippen LogP contribution >= 0.6 is 0 Å². The van der Waals surface area contributed by atoms with E-state index >= 15 is 0 Å². The molecule has 2 aromatic rings. The first-order valence-electron chi connectivity index (χ1n) is 7.46. The molecule has 0 radical (unpaired) electrons. The van der Waals surface area contributed by atoms with Crippen LogP contribution in [-0.2, 0) is 19.4 Å². The summed E-state index contributed by atoms with van der Waals surface area (Å²) >= 11 is 0. The summed E-state index contributed by atoms with van der Waals surface area (Å²) < 4.78 is 1.88. The maximum absolute atomic E-state index is 4.24. The second-order valence-corrected chi connectivity index (χ2v) is 5.99. The quantitative estimate of drug-likeness (QED) is 0.907. The van der Waals surface area contributed by atoms with Crippen LogP contribution in [0.4, 0.5) is 0 Å². The van der Waals surface area contributed by atoms with Crippen molar-refractivity contribution >= 4 is 0 Å². The summed E-state index contributed by atoms with van der Waals surface area (Å²) in [6.45, 7) is 6.19. The highest BCUT2D eigenvalue weighted by molar-refractivity contribution is 5.42. The minimum Gasteiger partial charge on any atom is -0.311 e. The standard InChI is InChI=1S/C16H22N4/c1-12(2)9-17-10-15-11-20(19-18-15)16-7-6-13-4-3-5-14(13)8-16/h6-8,11-12,17H,3-5,9-10H2,1-2H3. The molecule has 0 bridgehead atoms. The van der Waals surface area contributed by atoms with E-state index in [2.05, 4.69) is 47.7 Å². The second-order valence-electron chi connectivity index (χ2n) is 5.99. The molecule has 1 heterocycles. The lowest BCUT2D eigenvalue weighted by molar-refractivity contribution is 0.548. The van der Waals surface area contributed by atoms with Gasteiger partial charge >= 0.3 is 0 Å². The molecule has 3 rings (SSSR count). The molecular formula is C16H22N4. The summed E-state index contributed by atoms with van der Waals surface area (Å²) in [6.07, 6.45) is 5.71. The van der Waals surface area contributed by atoms with Gasteiger partial charge in [0.15, 0.2) is 0 Å². The summed E-state index contributed by atoms with van der Waals surface area (Å²) in [5, 5.41) is 11.9. The highest BCUT2D eigenvalue weighted by atomic mass is 15.4. The van der Waals surface area contributed by atoms with Gasteiger partial charge in [-0.15, -0.1) is 5.10 Å². The van der Waals surface area contributed by atoms with Crippen LogP contribution in [0.1, 0.15) is 37.1 Å². The SMILES string of the molecule is CC(C)CNCc1cn(-c2ccc3c(c2)CCC3)nn1. The Morgan fingerprint density at radius 2 is 2.10 bits per heavy atom. The van der Waals surface area contributed by atoms with E-state index in [0.717, 1.165) is 24.5 Å². The first-order chi connectivity index (χ1) is 9.72. The van der Waals surface area contributed by atoms with Crippen molar-refractivity contribution in [2.24, 2.45) is 5.92 Å². The Balaban J connectivity index is 1.70. The van der Waals surface area contributed by atoms with Gasteiger partial charge in [-0.3, -0.25) is 0 Å². The lowest BCUT2D eigenvalue weighted by Crippen LogP contribution is -2.19.